The highest BCUT2D eigenvalue weighted by atomic mass is 32.1. The molecule has 0 aliphatic carbocycles. The predicted molar refractivity (Wildman–Crippen MR) is 83.3 cm³/mol. The van der Waals surface area contributed by atoms with Crippen molar-refractivity contribution in [2.75, 3.05) is 19.5 Å². The molecule has 1 aromatic carbocycles. The summed E-state index contributed by atoms with van der Waals surface area (Å²) in [5.41, 5.74) is 0.845. The van der Waals surface area contributed by atoms with E-state index in [0.29, 0.717) is 11.2 Å². The molecule has 1 aromatic rings. The average molecular weight is 282 g/mol. The molecule has 0 amide bonds. The number of nitrogens with one attached hydrogen (secondary N) is 2. The fourth-order valence-electron chi connectivity index (χ4n) is 1.78. The van der Waals surface area contributed by atoms with Gasteiger partial charge in [-0.2, -0.15) is 0 Å². The van der Waals surface area contributed by atoms with Gasteiger partial charge in [-0.3, -0.25) is 0 Å². The number of thiocarbonyl (C=S) groups is 1. The number of anilines is 1. The number of methoxy groups -OCH3 is 2. The normalized spacial score (nSPS) is 11.6. The van der Waals surface area contributed by atoms with Gasteiger partial charge in [-0.05, 0) is 25.6 Å². The maximum Gasteiger partial charge on any atom is 0.170 e. The highest BCUT2D eigenvalue weighted by Gasteiger charge is 2.06. The van der Waals surface area contributed by atoms with Gasteiger partial charge in [0.1, 0.15) is 11.5 Å². The van der Waals surface area contributed by atoms with Crippen LogP contribution in [0.3, 0.4) is 0 Å². The first kappa shape index (κ1) is 15.6. The highest BCUT2D eigenvalue weighted by Crippen LogP contribution is 2.25. The molecule has 1 rings (SSSR count). The van der Waals surface area contributed by atoms with Gasteiger partial charge in [-0.1, -0.05) is 13.3 Å². The van der Waals surface area contributed by atoms with Crippen LogP contribution >= 0.6 is 12.2 Å². The lowest BCUT2D eigenvalue weighted by Gasteiger charge is -2.17. The lowest BCUT2D eigenvalue weighted by atomic mass is 10.2. The molecule has 0 bridgehead atoms. The molecule has 0 heterocycles. The van der Waals surface area contributed by atoms with Crippen LogP contribution in [-0.2, 0) is 0 Å². The van der Waals surface area contributed by atoms with Gasteiger partial charge in [0.2, 0.25) is 0 Å². The van der Waals surface area contributed by atoms with Crippen molar-refractivity contribution in [3.8, 4) is 11.5 Å². The fourth-order valence-corrected chi connectivity index (χ4v) is 2.09. The number of ether oxygens (including phenoxy) is 2. The van der Waals surface area contributed by atoms with Crippen molar-refractivity contribution in [2.45, 2.75) is 32.7 Å². The Labute approximate surface area is 120 Å². The quantitative estimate of drug-likeness (QED) is 0.784. The molecule has 106 valence electrons. The fraction of sp³-hybridized carbons (Fsp3) is 0.500. The molecule has 0 aliphatic rings. The van der Waals surface area contributed by atoms with E-state index in [-0.39, 0.29) is 0 Å². The van der Waals surface area contributed by atoms with E-state index in [1.54, 1.807) is 14.2 Å². The molecular weight excluding hydrogens is 260 g/mol. The van der Waals surface area contributed by atoms with Crippen LogP contribution in [0, 0.1) is 0 Å². The van der Waals surface area contributed by atoms with Crippen molar-refractivity contribution in [1.29, 1.82) is 0 Å². The second-order valence-electron chi connectivity index (χ2n) is 4.39. The zero-order valence-corrected chi connectivity index (χ0v) is 12.8. The average Bonchev–Trinajstić information content (AvgIpc) is 2.38. The number of rotatable bonds is 6. The smallest absolute Gasteiger partial charge is 0.170 e. The molecule has 0 aromatic heterocycles. The van der Waals surface area contributed by atoms with Crippen LogP contribution in [0.4, 0.5) is 5.69 Å². The van der Waals surface area contributed by atoms with E-state index in [0.717, 1.165) is 30.0 Å². The Morgan fingerprint density at radius 3 is 2.26 bits per heavy atom. The summed E-state index contributed by atoms with van der Waals surface area (Å²) in [6.45, 7) is 4.27. The standard InChI is InChI=1S/C14H22N2O2S/c1-5-6-10(2)15-14(19)16-11-7-12(17-3)9-13(8-11)18-4/h7-10H,5-6H2,1-4H3,(H2,15,16,19). The zero-order chi connectivity index (χ0) is 14.3. The minimum Gasteiger partial charge on any atom is -0.497 e. The van der Waals surface area contributed by atoms with E-state index in [2.05, 4.69) is 24.5 Å². The Kier molecular flexibility index (Phi) is 6.42. The first-order valence-corrected chi connectivity index (χ1v) is 6.80. The van der Waals surface area contributed by atoms with Gasteiger partial charge < -0.3 is 20.1 Å². The van der Waals surface area contributed by atoms with Crippen LogP contribution in [-0.4, -0.2) is 25.4 Å². The maximum atomic E-state index is 5.28. The summed E-state index contributed by atoms with van der Waals surface area (Å²) < 4.78 is 10.4. The lowest BCUT2D eigenvalue weighted by molar-refractivity contribution is 0.395. The molecule has 0 radical (unpaired) electrons. The minimum absolute atomic E-state index is 0.359. The Morgan fingerprint density at radius 1 is 1.21 bits per heavy atom. The van der Waals surface area contributed by atoms with Crippen LogP contribution in [0.15, 0.2) is 18.2 Å². The van der Waals surface area contributed by atoms with Crippen molar-refractivity contribution in [1.82, 2.24) is 5.32 Å². The molecule has 0 spiro atoms. The molecule has 0 saturated heterocycles. The number of hydrogen-bond acceptors (Lipinski definition) is 3. The van der Waals surface area contributed by atoms with Gasteiger partial charge in [0.15, 0.2) is 5.11 Å². The third-order valence-electron chi connectivity index (χ3n) is 2.71. The Hall–Kier alpha value is -1.49. The van der Waals surface area contributed by atoms with Crippen molar-refractivity contribution in [2.24, 2.45) is 0 Å². The van der Waals surface area contributed by atoms with Crippen LogP contribution in [0.5, 0.6) is 11.5 Å². The molecule has 1 atom stereocenters. The van der Waals surface area contributed by atoms with Gasteiger partial charge in [0.05, 0.1) is 14.2 Å². The first-order valence-electron chi connectivity index (χ1n) is 6.39. The number of benzene rings is 1. The third-order valence-corrected chi connectivity index (χ3v) is 2.93. The molecule has 1 unspecified atom stereocenters. The second kappa shape index (κ2) is 7.84. The maximum absolute atomic E-state index is 5.28. The van der Waals surface area contributed by atoms with Gasteiger partial charge in [-0.25, -0.2) is 0 Å². The van der Waals surface area contributed by atoms with Crippen LogP contribution in [0.1, 0.15) is 26.7 Å². The molecule has 0 aliphatic heterocycles. The van der Waals surface area contributed by atoms with Crippen LogP contribution < -0.4 is 20.1 Å². The summed E-state index contributed by atoms with van der Waals surface area (Å²) in [5.74, 6) is 1.46. The van der Waals surface area contributed by atoms with E-state index >= 15 is 0 Å². The summed E-state index contributed by atoms with van der Waals surface area (Å²) in [6, 6.07) is 5.93. The highest BCUT2D eigenvalue weighted by molar-refractivity contribution is 7.80. The van der Waals surface area contributed by atoms with E-state index in [4.69, 9.17) is 21.7 Å². The third kappa shape index (κ3) is 5.34. The van der Waals surface area contributed by atoms with Crippen molar-refractivity contribution in [3.63, 3.8) is 0 Å². The zero-order valence-electron chi connectivity index (χ0n) is 11.9. The summed E-state index contributed by atoms with van der Waals surface area (Å²) in [6.07, 6.45) is 2.22. The monoisotopic (exact) mass is 282 g/mol. The molecular formula is C14H22N2O2S. The molecule has 2 N–H and O–H groups in total. The van der Waals surface area contributed by atoms with Crippen LogP contribution in [0.25, 0.3) is 0 Å². The lowest BCUT2D eigenvalue weighted by Crippen LogP contribution is -2.35. The number of hydrogen-bond donors (Lipinski definition) is 2. The van der Waals surface area contributed by atoms with Crippen molar-refractivity contribution in [3.05, 3.63) is 18.2 Å². The van der Waals surface area contributed by atoms with Gasteiger partial charge in [0.25, 0.3) is 0 Å². The predicted octanol–water partition coefficient (Wildman–Crippen LogP) is 3.18. The van der Waals surface area contributed by atoms with Gasteiger partial charge >= 0.3 is 0 Å². The summed E-state index contributed by atoms with van der Waals surface area (Å²) >= 11 is 5.28. The van der Waals surface area contributed by atoms with Crippen molar-refractivity contribution >= 4 is 23.0 Å². The summed E-state index contributed by atoms with van der Waals surface area (Å²) in [5, 5.41) is 6.99. The topological polar surface area (TPSA) is 42.5 Å². The van der Waals surface area contributed by atoms with E-state index in [1.165, 1.54) is 0 Å². The van der Waals surface area contributed by atoms with Crippen LogP contribution in [0.2, 0.25) is 0 Å². The molecule has 4 nitrogen and oxygen atoms in total. The first-order chi connectivity index (χ1) is 9.08. The van der Waals surface area contributed by atoms with E-state index in [9.17, 15) is 0 Å². The van der Waals surface area contributed by atoms with Crippen molar-refractivity contribution < 1.29 is 9.47 Å². The molecule has 0 fully saturated rings. The van der Waals surface area contributed by atoms with Gasteiger partial charge in [0, 0.05) is 29.9 Å². The summed E-state index contributed by atoms with van der Waals surface area (Å²) in [7, 11) is 3.25. The minimum atomic E-state index is 0.359. The second-order valence-corrected chi connectivity index (χ2v) is 4.80. The Balaban J connectivity index is 2.67. The SMILES string of the molecule is CCCC(C)NC(=S)Nc1cc(OC)cc(OC)c1. The van der Waals surface area contributed by atoms with E-state index < -0.39 is 0 Å². The molecule has 5 heteroatoms. The summed E-state index contributed by atoms with van der Waals surface area (Å²) in [4.78, 5) is 0. The largest absolute Gasteiger partial charge is 0.497 e. The van der Waals surface area contributed by atoms with Gasteiger partial charge in [-0.15, -0.1) is 0 Å². The molecule has 19 heavy (non-hydrogen) atoms. The van der Waals surface area contributed by atoms with E-state index in [1.807, 2.05) is 18.2 Å². The Morgan fingerprint density at radius 2 is 1.79 bits per heavy atom. The molecule has 0 saturated carbocycles. The Bertz CT molecular complexity index is 402.